The number of rotatable bonds is 1. The van der Waals surface area contributed by atoms with Crippen LogP contribution in [0.2, 0.25) is 0 Å². The van der Waals surface area contributed by atoms with Crippen LogP contribution in [0.15, 0.2) is 0 Å². The van der Waals surface area contributed by atoms with E-state index in [4.69, 9.17) is 5.21 Å². The Morgan fingerprint density at radius 1 is 1.36 bits per heavy atom. The number of hydrogen-bond acceptors (Lipinski definition) is 5. The molecule has 7 heteroatoms. The van der Waals surface area contributed by atoms with Gasteiger partial charge in [0.2, 0.25) is 10.4 Å². The zero-order valence-electron chi connectivity index (χ0n) is 6.94. The number of nitrogens with zero attached hydrogens (tertiary/aromatic N) is 1. The lowest BCUT2D eigenvalue weighted by atomic mass is 11.0. The van der Waals surface area contributed by atoms with E-state index in [0.29, 0.717) is 0 Å². The van der Waals surface area contributed by atoms with E-state index in [2.05, 4.69) is 4.18 Å². The summed E-state index contributed by atoms with van der Waals surface area (Å²) in [5.74, 6) is 0. The second kappa shape index (κ2) is 4.62. The van der Waals surface area contributed by atoms with Gasteiger partial charge in [-0.3, -0.25) is 4.18 Å². The molecule has 0 atom stereocenters. The molecule has 0 aliphatic carbocycles. The highest BCUT2D eigenvalue weighted by Crippen LogP contribution is 1.74. The van der Waals surface area contributed by atoms with Crippen LogP contribution in [0.5, 0.6) is 0 Å². The van der Waals surface area contributed by atoms with Gasteiger partial charge in [0.15, 0.2) is 0 Å². The molecule has 0 bridgehead atoms. The fraction of sp³-hybridized carbons (Fsp3) is 1.00. The van der Waals surface area contributed by atoms with E-state index in [1.54, 1.807) is 21.1 Å². The molecule has 0 spiro atoms. The van der Waals surface area contributed by atoms with Gasteiger partial charge in [0.25, 0.3) is 0 Å². The van der Waals surface area contributed by atoms with Gasteiger partial charge in [-0.15, -0.1) is 0 Å². The van der Waals surface area contributed by atoms with E-state index in [-0.39, 0.29) is 4.65 Å². The fourth-order valence-electron chi connectivity index (χ4n) is 0. The van der Waals surface area contributed by atoms with Crippen molar-refractivity contribution in [1.82, 2.24) is 0 Å². The topological polar surface area (TPSA) is 86.7 Å². The van der Waals surface area contributed by atoms with Gasteiger partial charge in [-0.1, -0.05) is 0 Å². The summed E-state index contributed by atoms with van der Waals surface area (Å²) in [4.78, 5) is 0. The van der Waals surface area contributed by atoms with E-state index < -0.39 is 10.4 Å². The van der Waals surface area contributed by atoms with Gasteiger partial charge in [-0.25, -0.2) is 13.6 Å². The second-order valence-corrected chi connectivity index (χ2v) is 3.67. The van der Waals surface area contributed by atoms with Gasteiger partial charge in [0, 0.05) is 0 Å². The van der Waals surface area contributed by atoms with Gasteiger partial charge in [-0.2, -0.15) is 4.65 Å². The SMILES string of the molecule is COS(=O)(=O)[O-].C[N+](C)(C)O. The highest BCUT2D eigenvalue weighted by Gasteiger charge is 1.92. The quantitative estimate of drug-likeness (QED) is 0.251. The van der Waals surface area contributed by atoms with Crippen molar-refractivity contribution in [3.63, 3.8) is 0 Å². The van der Waals surface area contributed by atoms with Crippen LogP contribution in [0.4, 0.5) is 0 Å². The average molecular weight is 187 g/mol. The van der Waals surface area contributed by atoms with Crippen molar-refractivity contribution < 1.29 is 27.0 Å². The largest absolute Gasteiger partial charge is 0.726 e. The highest BCUT2D eigenvalue weighted by molar-refractivity contribution is 7.80. The van der Waals surface area contributed by atoms with Crippen LogP contribution in [0, 0.1) is 0 Å². The maximum absolute atomic E-state index is 9.22. The first kappa shape index (κ1) is 13.4. The van der Waals surface area contributed by atoms with E-state index in [0.717, 1.165) is 7.11 Å². The second-order valence-electron chi connectivity index (χ2n) is 2.52. The summed E-state index contributed by atoms with van der Waals surface area (Å²) in [5, 5.41) is 8.46. The van der Waals surface area contributed by atoms with E-state index >= 15 is 0 Å². The fourth-order valence-corrected chi connectivity index (χ4v) is 0. The average Bonchev–Trinajstić information content (AvgIpc) is 1.59. The first-order chi connectivity index (χ1) is 4.56. The summed E-state index contributed by atoms with van der Waals surface area (Å²) in [6.07, 6.45) is 0. The Labute approximate surface area is 66.5 Å². The molecule has 0 fully saturated rings. The van der Waals surface area contributed by atoms with Crippen LogP contribution >= 0.6 is 0 Å². The molecule has 11 heavy (non-hydrogen) atoms. The summed E-state index contributed by atoms with van der Waals surface area (Å²) in [6.45, 7) is 0. The maximum Gasteiger partial charge on any atom is 0.217 e. The predicted molar refractivity (Wildman–Crippen MR) is 36.5 cm³/mol. The lowest BCUT2D eigenvalue weighted by Gasteiger charge is -2.09. The molecule has 6 nitrogen and oxygen atoms in total. The van der Waals surface area contributed by atoms with Gasteiger partial charge in [-0.05, 0) is 0 Å². The predicted octanol–water partition coefficient (Wildman–Crippen LogP) is -0.825. The third-order valence-corrected chi connectivity index (χ3v) is 0.612. The summed E-state index contributed by atoms with van der Waals surface area (Å²) in [7, 11) is 1.44. The van der Waals surface area contributed by atoms with Crippen molar-refractivity contribution in [2.75, 3.05) is 28.3 Å². The summed E-state index contributed by atoms with van der Waals surface area (Å²) >= 11 is 0. The monoisotopic (exact) mass is 187 g/mol. The van der Waals surface area contributed by atoms with Gasteiger partial charge in [0.1, 0.15) is 0 Å². The van der Waals surface area contributed by atoms with Crippen LogP contribution in [-0.2, 0) is 14.6 Å². The molecule has 0 aromatic rings. The smallest absolute Gasteiger partial charge is 0.217 e. The Morgan fingerprint density at radius 3 is 1.45 bits per heavy atom. The molecule has 0 radical (unpaired) electrons. The summed E-state index contributed by atoms with van der Waals surface area (Å²) < 4.78 is 31.0. The molecule has 0 aliphatic rings. The lowest BCUT2D eigenvalue weighted by molar-refractivity contribution is -1.06. The minimum absolute atomic E-state index is 0. The molecular formula is C4H13NO5S. The molecule has 0 aliphatic heterocycles. The van der Waals surface area contributed by atoms with Crippen molar-refractivity contribution in [3.05, 3.63) is 0 Å². The lowest BCUT2D eigenvalue weighted by Crippen LogP contribution is -2.28. The van der Waals surface area contributed by atoms with Crippen LogP contribution in [-0.4, -0.2) is 51.1 Å². The Morgan fingerprint density at radius 2 is 1.45 bits per heavy atom. The molecular weight excluding hydrogens is 174 g/mol. The van der Waals surface area contributed by atoms with Crippen molar-refractivity contribution in [3.8, 4) is 0 Å². The number of hydrogen-bond donors (Lipinski definition) is 1. The minimum Gasteiger partial charge on any atom is -0.726 e. The van der Waals surface area contributed by atoms with E-state index in [1.807, 2.05) is 0 Å². The Hall–Kier alpha value is -0.210. The standard InChI is InChI=1S/C3H10NO.CH4O4S/c1-4(2,3)5;1-5-6(2,3)4/h5H,1-3H3;1H3,(H,2,3,4)/q+1;/p-1. The molecule has 0 rings (SSSR count). The molecule has 70 valence electrons. The van der Waals surface area contributed by atoms with Gasteiger partial charge < -0.3 is 4.55 Å². The normalized spacial score (nSPS) is 11.8. The molecule has 0 saturated heterocycles. The number of hydroxylamine groups is 3. The zero-order valence-corrected chi connectivity index (χ0v) is 7.75. The van der Waals surface area contributed by atoms with Crippen molar-refractivity contribution in [2.45, 2.75) is 0 Å². The van der Waals surface area contributed by atoms with Crippen molar-refractivity contribution in [2.24, 2.45) is 0 Å². The Kier molecular flexibility index (Phi) is 5.63. The Balaban J connectivity index is 0. The van der Waals surface area contributed by atoms with E-state index in [1.165, 1.54) is 0 Å². The zero-order chi connectivity index (χ0) is 9.71. The first-order valence-corrected chi connectivity index (χ1v) is 3.95. The third kappa shape index (κ3) is 76.3. The summed E-state index contributed by atoms with van der Waals surface area (Å²) in [5.41, 5.74) is 0. The highest BCUT2D eigenvalue weighted by atomic mass is 32.3. The van der Waals surface area contributed by atoms with Crippen LogP contribution in [0.3, 0.4) is 0 Å². The molecule has 0 amide bonds. The minimum atomic E-state index is -4.41. The number of quaternary nitrogens is 1. The Bertz CT molecular complexity index is 173. The van der Waals surface area contributed by atoms with Gasteiger partial charge in [0.05, 0.1) is 28.3 Å². The maximum atomic E-state index is 9.22. The van der Waals surface area contributed by atoms with Crippen LogP contribution in [0.1, 0.15) is 0 Å². The molecule has 0 unspecified atom stereocenters. The summed E-state index contributed by atoms with van der Waals surface area (Å²) in [6, 6.07) is 0. The molecule has 0 aromatic heterocycles. The van der Waals surface area contributed by atoms with Crippen molar-refractivity contribution >= 4 is 10.4 Å². The molecule has 0 aromatic carbocycles. The van der Waals surface area contributed by atoms with Gasteiger partial charge >= 0.3 is 0 Å². The molecule has 1 N–H and O–H groups in total. The molecule has 0 heterocycles. The molecule has 0 saturated carbocycles. The van der Waals surface area contributed by atoms with E-state index in [9.17, 15) is 13.0 Å². The third-order valence-electron chi connectivity index (χ3n) is 0.204. The van der Waals surface area contributed by atoms with Crippen LogP contribution < -0.4 is 0 Å². The van der Waals surface area contributed by atoms with Crippen LogP contribution in [0.25, 0.3) is 0 Å². The van der Waals surface area contributed by atoms with Crippen molar-refractivity contribution in [1.29, 1.82) is 0 Å². The first-order valence-electron chi connectivity index (χ1n) is 2.62.